The molecule has 0 aliphatic carbocycles. The number of hydrogen-bond donors (Lipinski definition) is 2. The average Bonchev–Trinajstić information content (AvgIpc) is 2.25. The minimum Gasteiger partial charge on any atom is -0.442 e. The molecule has 0 spiro atoms. The fraction of sp³-hybridized carbons (Fsp3) is 0.273. The number of benzene rings is 1. The first-order valence-corrected chi connectivity index (χ1v) is 5.46. The van der Waals surface area contributed by atoms with Crippen LogP contribution in [0.2, 0.25) is 5.02 Å². The number of rotatable bonds is 4. The van der Waals surface area contributed by atoms with Crippen molar-refractivity contribution in [3.8, 4) is 0 Å². The summed E-state index contributed by atoms with van der Waals surface area (Å²) in [5.41, 5.74) is 10.4. The molecule has 0 radical (unpaired) electrons. The van der Waals surface area contributed by atoms with Gasteiger partial charge in [-0.1, -0.05) is 29.8 Å². The Hall–Kier alpha value is -1.95. The van der Waals surface area contributed by atoms with Gasteiger partial charge in [0.05, 0.1) is 0 Å². The van der Waals surface area contributed by atoms with Crippen LogP contribution in [-0.4, -0.2) is 18.3 Å². The summed E-state index contributed by atoms with van der Waals surface area (Å²) < 4.78 is 9.67. The van der Waals surface area contributed by atoms with Gasteiger partial charge in [0.1, 0.15) is 6.10 Å². The van der Waals surface area contributed by atoms with Crippen LogP contribution in [0.4, 0.5) is 9.59 Å². The number of hydrogen-bond acceptors (Lipinski definition) is 4. The highest BCUT2D eigenvalue weighted by Crippen LogP contribution is 2.29. The quantitative estimate of drug-likeness (QED) is 0.874. The van der Waals surface area contributed by atoms with Crippen LogP contribution in [-0.2, 0) is 9.47 Å². The second-order valence-corrected chi connectivity index (χ2v) is 3.93. The molecule has 0 saturated heterocycles. The summed E-state index contributed by atoms with van der Waals surface area (Å²) in [6.45, 7) is 1.52. The molecule has 0 saturated carbocycles. The van der Waals surface area contributed by atoms with E-state index in [0.717, 1.165) is 0 Å². The molecule has 6 nitrogen and oxygen atoms in total. The van der Waals surface area contributed by atoms with Gasteiger partial charge in [-0.3, -0.25) is 0 Å². The molecule has 1 rings (SSSR count). The van der Waals surface area contributed by atoms with E-state index in [4.69, 9.17) is 32.5 Å². The highest BCUT2D eigenvalue weighted by molar-refractivity contribution is 6.31. The Kier molecular flexibility index (Phi) is 4.79. The topological polar surface area (TPSA) is 105 Å². The van der Waals surface area contributed by atoms with Crippen LogP contribution in [0.5, 0.6) is 0 Å². The third-order valence-corrected chi connectivity index (χ3v) is 2.53. The predicted molar refractivity (Wildman–Crippen MR) is 65.0 cm³/mol. The Labute approximate surface area is 109 Å². The highest BCUT2D eigenvalue weighted by Gasteiger charge is 2.27. The summed E-state index contributed by atoms with van der Waals surface area (Å²) in [6.07, 6.45) is -3.70. The van der Waals surface area contributed by atoms with Crippen molar-refractivity contribution >= 4 is 23.8 Å². The lowest BCUT2D eigenvalue weighted by atomic mass is 10.1. The van der Waals surface area contributed by atoms with Crippen LogP contribution in [0, 0.1) is 0 Å². The van der Waals surface area contributed by atoms with E-state index in [1.54, 1.807) is 24.3 Å². The Bertz CT molecular complexity index is 452. The molecule has 0 bridgehead atoms. The predicted octanol–water partition coefficient (Wildman–Crippen LogP) is 1.96. The van der Waals surface area contributed by atoms with Crippen molar-refractivity contribution in [1.82, 2.24) is 0 Å². The molecule has 7 heteroatoms. The zero-order valence-corrected chi connectivity index (χ0v) is 10.4. The van der Waals surface area contributed by atoms with Crippen molar-refractivity contribution in [2.24, 2.45) is 11.5 Å². The minimum absolute atomic E-state index is 0.365. The standard InChI is InChI=1S/C11H13ClN2O4/c1-6(17-10(13)15)9(18-11(14)16)7-4-2-3-5-8(7)12/h2-6,9H,1H3,(H2,13,15)(H2,14,16)/t6-,9-/m0/s1. The van der Waals surface area contributed by atoms with Crippen molar-refractivity contribution in [2.75, 3.05) is 0 Å². The first-order valence-electron chi connectivity index (χ1n) is 5.08. The van der Waals surface area contributed by atoms with E-state index in [1.165, 1.54) is 6.92 Å². The van der Waals surface area contributed by atoms with Crippen molar-refractivity contribution in [1.29, 1.82) is 0 Å². The monoisotopic (exact) mass is 272 g/mol. The van der Waals surface area contributed by atoms with E-state index in [-0.39, 0.29) is 0 Å². The number of halogens is 1. The molecule has 1 aromatic carbocycles. The van der Waals surface area contributed by atoms with Crippen LogP contribution >= 0.6 is 11.6 Å². The number of carbonyl (C=O) groups is 2. The van der Waals surface area contributed by atoms with Crippen LogP contribution in [0.15, 0.2) is 24.3 Å². The molecule has 18 heavy (non-hydrogen) atoms. The van der Waals surface area contributed by atoms with Crippen molar-refractivity contribution in [2.45, 2.75) is 19.1 Å². The lowest BCUT2D eigenvalue weighted by Gasteiger charge is -2.23. The van der Waals surface area contributed by atoms with Gasteiger partial charge in [0.25, 0.3) is 0 Å². The van der Waals surface area contributed by atoms with E-state index in [9.17, 15) is 9.59 Å². The lowest BCUT2D eigenvalue weighted by Crippen LogP contribution is -2.30. The average molecular weight is 273 g/mol. The van der Waals surface area contributed by atoms with E-state index < -0.39 is 24.4 Å². The molecule has 0 aromatic heterocycles. The maximum atomic E-state index is 10.9. The Morgan fingerprint density at radius 1 is 1.17 bits per heavy atom. The van der Waals surface area contributed by atoms with E-state index in [2.05, 4.69) is 0 Å². The molecule has 0 aliphatic heterocycles. The van der Waals surface area contributed by atoms with Crippen LogP contribution in [0.25, 0.3) is 0 Å². The third-order valence-electron chi connectivity index (χ3n) is 2.18. The van der Waals surface area contributed by atoms with Crippen molar-refractivity contribution < 1.29 is 19.1 Å². The molecule has 2 atom stereocenters. The van der Waals surface area contributed by atoms with Crippen LogP contribution in [0.1, 0.15) is 18.6 Å². The smallest absolute Gasteiger partial charge is 0.405 e. The molecular weight excluding hydrogens is 260 g/mol. The van der Waals surface area contributed by atoms with Gasteiger partial charge in [0.2, 0.25) is 0 Å². The number of primary amides is 2. The normalized spacial score (nSPS) is 13.4. The molecule has 1 aromatic rings. The fourth-order valence-electron chi connectivity index (χ4n) is 1.49. The number of nitrogens with two attached hydrogens (primary N) is 2. The van der Waals surface area contributed by atoms with Gasteiger partial charge in [0.15, 0.2) is 6.10 Å². The molecule has 0 fully saturated rings. The van der Waals surface area contributed by atoms with E-state index >= 15 is 0 Å². The molecule has 0 aliphatic rings. The summed E-state index contributed by atoms with van der Waals surface area (Å²) in [5.74, 6) is 0. The van der Waals surface area contributed by atoms with Gasteiger partial charge < -0.3 is 20.9 Å². The fourth-order valence-corrected chi connectivity index (χ4v) is 1.73. The van der Waals surface area contributed by atoms with Gasteiger partial charge in [-0.2, -0.15) is 0 Å². The third kappa shape index (κ3) is 3.81. The maximum Gasteiger partial charge on any atom is 0.405 e. The lowest BCUT2D eigenvalue weighted by molar-refractivity contribution is 0.00419. The largest absolute Gasteiger partial charge is 0.442 e. The molecule has 0 unspecified atom stereocenters. The summed E-state index contributed by atoms with van der Waals surface area (Å²) >= 11 is 5.98. The second-order valence-electron chi connectivity index (χ2n) is 3.52. The molecule has 2 amide bonds. The SMILES string of the molecule is C[C@H](OC(N)=O)[C@H](OC(N)=O)c1ccccc1Cl. The molecular formula is C11H13ClN2O4. The Morgan fingerprint density at radius 2 is 1.72 bits per heavy atom. The van der Waals surface area contributed by atoms with Gasteiger partial charge in [-0.25, -0.2) is 9.59 Å². The number of ether oxygens (including phenoxy) is 2. The van der Waals surface area contributed by atoms with Crippen LogP contribution < -0.4 is 11.5 Å². The highest BCUT2D eigenvalue weighted by atomic mass is 35.5. The zero-order valence-electron chi connectivity index (χ0n) is 9.63. The number of carbonyl (C=O) groups excluding carboxylic acids is 2. The first-order chi connectivity index (χ1) is 8.41. The summed E-state index contributed by atoms with van der Waals surface area (Å²) in [6, 6.07) is 6.67. The molecule has 4 N–H and O–H groups in total. The molecule has 98 valence electrons. The Balaban J connectivity index is 3.01. The summed E-state index contributed by atoms with van der Waals surface area (Å²) in [7, 11) is 0. The number of amides is 2. The zero-order chi connectivity index (χ0) is 13.7. The van der Waals surface area contributed by atoms with Gasteiger partial charge in [-0.15, -0.1) is 0 Å². The second kappa shape index (κ2) is 6.11. The van der Waals surface area contributed by atoms with Gasteiger partial charge in [-0.05, 0) is 13.0 Å². The van der Waals surface area contributed by atoms with Gasteiger partial charge in [0, 0.05) is 10.6 Å². The van der Waals surface area contributed by atoms with E-state index in [0.29, 0.717) is 10.6 Å². The summed E-state index contributed by atoms with van der Waals surface area (Å²) in [5, 5.41) is 0.365. The Morgan fingerprint density at radius 3 is 2.22 bits per heavy atom. The van der Waals surface area contributed by atoms with Crippen molar-refractivity contribution in [3.05, 3.63) is 34.9 Å². The van der Waals surface area contributed by atoms with Crippen molar-refractivity contribution in [3.63, 3.8) is 0 Å². The van der Waals surface area contributed by atoms with Crippen LogP contribution in [0.3, 0.4) is 0 Å². The van der Waals surface area contributed by atoms with E-state index in [1.807, 2.05) is 0 Å². The maximum absolute atomic E-state index is 10.9. The minimum atomic E-state index is -1.00. The van der Waals surface area contributed by atoms with Gasteiger partial charge >= 0.3 is 12.2 Å². The summed E-state index contributed by atoms with van der Waals surface area (Å²) in [4.78, 5) is 21.6. The molecule has 0 heterocycles. The first kappa shape index (κ1) is 14.1.